The lowest BCUT2D eigenvalue weighted by Crippen LogP contribution is -2.13. The number of hydrogen-bond acceptors (Lipinski definition) is 4. The fourth-order valence-electron chi connectivity index (χ4n) is 2.95. The maximum Gasteiger partial charge on any atom is 0.435 e. The largest absolute Gasteiger partial charge is 0.497 e. The van der Waals surface area contributed by atoms with Crippen molar-refractivity contribution >= 4 is 0 Å². The van der Waals surface area contributed by atoms with Crippen molar-refractivity contribution in [3.8, 4) is 28.4 Å². The number of methoxy groups -OCH3 is 1. The highest BCUT2D eigenvalue weighted by Gasteiger charge is 2.42. The molecule has 0 atom stereocenters. The Kier molecular flexibility index (Phi) is 5.15. The van der Waals surface area contributed by atoms with Crippen LogP contribution < -0.4 is 4.74 Å². The van der Waals surface area contributed by atoms with Crippen LogP contribution in [0.1, 0.15) is 11.4 Å². The monoisotopic (exact) mass is 453 g/mol. The number of ether oxygens (including phenoxy) is 1. The number of alkyl halides is 6. The van der Waals surface area contributed by atoms with Gasteiger partial charge in [0.05, 0.1) is 24.7 Å². The van der Waals surface area contributed by atoms with Crippen molar-refractivity contribution in [3.05, 3.63) is 72.2 Å². The molecule has 0 aliphatic rings. The van der Waals surface area contributed by atoms with E-state index in [0.717, 1.165) is 5.56 Å². The molecule has 0 amide bonds. The Morgan fingerprint density at radius 3 is 2.00 bits per heavy atom. The molecule has 166 valence electrons. The van der Waals surface area contributed by atoms with Gasteiger partial charge in [0.1, 0.15) is 17.1 Å². The molecule has 0 radical (unpaired) electrons. The van der Waals surface area contributed by atoms with Gasteiger partial charge in [0.25, 0.3) is 0 Å². The molecule has 0 spiro atoms. The Morgan fingerprint density at radius 2 is 1.44 bits per heavy atom. The van der Waals surface area contributed by atoms with Gasteiger partial charge in [-0.2, -0.15) is 31.4 Å². The van der Waals surface area contributed by atoms with E-state index in [9.17, 15) is 26.3 Å². The molecule has 0 fully saturated rings. The number of aromatic nitrogens is 5. The first-order chi connectivity index (χ1) is 15.1. The van der Waals surface area contributed by atoms with Gasteiger partial charge in [-0.25, -0.2) is 9.36 Å². The topological polar surface area (TPSA) is 57.8 Å². The van der Waals surface area contributed by atoms with E-state index < -0.39 is 23.7 Å². The van der Waals surface area contributed by atoms with Gasteiger partial charge in [-0.15, -0.1) is 5.10 Å². The summed E-state index contributed by atoms with van der Waals surface area (Å²) >= 11 is 0. The van der Waals surface area contributed by atoms with E-state index in [1.165, 1.54) is 28.9 Å². The highest BCUT2D eigenvalue weighted by molar-refractivity contribution is 5.59. The molecule has 0 aliphatic carbocycles. The minimum absolute atomic E-state index is 0.0214. The summed E-state index contributed by atoms with van der Waals surface area (Å²) in [6, 6.07) is 12.3. The van der Waals surface area contributed by atoms with Crippen LogP contribution in [-0.2, 0) is 12.4 Å². The second-order valence-corrected chi connectivity index (χ2v) is 6.62. The van der Waals surface area contributed by atoms with E-state index in [1.807, 2.05) is 0 Å². The first kappa shape index (κ1) is 21.4. The quantitative estimate of drug-likeness (QED) is 0.401. The fraction of sp³-hybridized carbons (Fsp3) is 0.150. The average molecular weight is 453 g/mol. The first-order valence-corrected chi connectivity index (χ1v) is 8.98. The maximum atomic E-state index is 13.2. The molecule has 4 aromatic rings. The van der Waals surface area contributed by atoms with Crippen LogP contribution in [0.2, 0.25) is 0 Å². The van der Waals surface area contributed by atoms with Gasteiger partial charge < -0.3 is 4.74 Å². The molecular formula is C20H13F6N5O. The van der Waals surface area contributed by atoms with E-state index in [1.54, 1.807) is 37.6 Å². The van der Waals surface area contributed by atoms with E-state index in [4.69, 9.17) is 4.74 Å². The van der Waals surface area contributed by atoms with Crippen molar-refractivity contribution < 1.29 is 31.1 Å². The molecular weight excluding hydrogens is 440 g/mol. The second-order valence-electron chi connectivity index (χ2n) is 6.62. The Morgan fingerprint density at radius 1 is 0.812 bits per heavy atom. The molecule has 32 heavy (non-hydrogen) atoms. The maximum absolute atomic E-state index is 13.2. The Hall–Kier alpha value is -3.83. The van der Waals surface area contributed by atoms with Crippen LogP contribution in [0.3, 0.4) is 0 Å². The normalized spacial score (nSPS) is 12.2. The SMILES string of the molecule is COc1ccc(-c2cn(-c3ccc(-n4nc(C(F)(F)F)cc4C(F)(F)F)cc3)nn2)cc1. The van der Waals surface area contributed by atoms with Crippen molar-refractivity contribution in [2.24, 2.45) is 0 Å². The lowest BCUT2D eigenvalue weighted by molar-refractivity contribution is -0.143. The summed E-state index contributed by atoms with van der Waals surface area (Å²) in [5.41, 5.74) is -1.60. The van der Waals surface area contributed by atoms with Crippen LogP contribution >= 0.6 is 0 Å². The van der Waals surface area contributed by atoms with Gasteiger partial charge in [0, 0.05) is 11.6 Å². The summed E-state index contributed by atoms with van der Waals surface area (Å²) < 4.78 is 85.1. The number of halogens is 6. The third-order valence-corrected chi connectivity index (χ3v) is 4.53. The summed E-state index contributed by atoms with van der Waals surface area (Å²) in [6.45, 7) is 0. The van der Waals surface area contributed by atoms with Crippen LogP contribution in [0.5, 0.6) is 5.75 Å². The van der Waals surface area contributed by atoms with Crippen LogP contribution in [0.25, 0.3) is 22.6 Å². The number of rotatable bonds is 4. The molecule has 4 rings (SSSR count). The van der Waals surface area contributed by atoms with E-state index >= 15 is 0 Å². The van der Waals surface area contributed by atoms with Gasteiger partial charge in [0.2, 0.25) is 0 Å². The Bertz CT molecular complexity index is 1220. The van der Waals surface area contributed by atoms with Crippen molar-refractivity contribution in [3.63, 3.8) is 0 Å². The molecule has 0 saturated heterocycles. The lowest BCUT2D eigenvalue weighted by atomic mass is 10.1. The Labute approximate surface area is 176 Å². The minimum atomic E-state index is -5.02. The molecule has 0 saturated carbocycles. The van der Waals surface area contributed by atoms with Crippen molar-refractivity contribution in [2.75, 3.05) is 7.11 Å². The van der Waals surface area contributed by atoms with E-state index in [0.29, 0.717) is 17.1 Å². The minimum Gasteiger partial charge on any atom is -0.497 e. The van der Waals surface area contributed by atoms with Crippen LogP contribution in [0, 0.1) is 0 Å². The van der Waals surface area contributed by atoms with Crippen LogP contribution in [0.4, 0.5) is 26.3 Å². The van der Waals surface area contributed by atoms with Gasteiger partial charge in [-0.1, -0.05) is 5.21 Å². The number of benzene rings is 2. The number of hydrogen-bond donors (Lipinski definition) is 0. The summed E-state index contributed by atoms with van der Waals surface area (Å²) in [7, 11) is 1.54. The first-order valence-electron chi connectivity index (χ1n) is 8.98. The molecule has 2 aromatic carbocycles. The highest BCUT2D eigenvalue weighted by Crippen LogP contribution is 2.36. The standard InChI is InChI=1S/C20H13F6N5O/c1-32-15-8-2-12(3-9-15)16-11-30(29-27-16)13-4-6-14(7-5-13)31-18(20(24,25)26)10-17(28-31)19(21,22)23/h2-11H,1H3. The molecule has 2 heterocycles. The smallest absolute Gasteiger partial charge is 0.435 e. The summed E-state index contributed by atoms with van der Waals surface area (Å²) in [5.74, 6) is 0.669. The molecule has 0 N–H and O–H groups in total. The van der Waals surface area contributed by atoms with Gasteiger partial charge >= 0.3 is 12.4 Å². The molecule has 6 nitrogen and oxygen atoms in total. The summed E-state index contributed by atoms with van der Waals surface area (Å²) in [4.78, 5) is 0. The highest BCUT2D eigenvalue weighted by atomic mass is 19.4. The molecule has 0 bridgehead atoms. The third kappa shape index (κ3) is 4.15. The lowest BCUT2D eigenvalue weighted by Gasteiger charge is -2.10. The predicted octanol–water partition coefficient (Wildman–Crippen LogP) is 5.17. The molecule has 0 unspecified atom stereocenters. The van der Waals surface area contributed by atoms with Gasteiger partial charge in [-0.3, -0.25) is 0 Å². The zero-order valence-corrected chi connectivity index (χ0v) is 16.2. The number of nitrogens with zero attached hydrogens (tertiary/aromatic N) is 5. The van der Waals surface area contributed by atoms with Gasteiger partial charge in [0.15, 0.2) is 5.69 Å². The van der Waals surface area contributed by atoms with E-state index in [-0.39, 0.29) is 16.4 Å². The fourth-order valence-corrected chi connectivity index (χ4v) is 2.95. The molecule has 2 aromatic heterocycles. The van der Waals surface area contributed by atoms with Crippen molar-refractivity contribution in [2.45, 2.75) is 12.4 Å². The van der Waals surface area contributed by atoms with Crippen LogP contribution in [0.15, 0.2) is 60.8 Å². The predicted molar refractivity (Wildman–Crippen MR) is 100 cm³/mol. The van der Waals surface area contributed by atoms with E-state index in [2.05, 4.69) is 15.4 Å². The molecule has 12 heteroatoms. The van der Waals surface area contributed by atoms with Gasteiger partial charge in [-0.05, 0) is 48.5 Å². The third-order valence-electron chi connectivity index (χ3n) is 4.53. The zero-order valence-electron chi connectivity index (χ0n) is 16.2. The Balaban J connectivity index is 1.64. The molecule has 0 aliphatic heterocycles. The average Bonchev–Trinajstić information content (AvgIpc) is 3.41. The summed E-state index contributed by atoms with van der Waals surface area (Å²) in [5, 5.41) is 11.1. The summed E-state index contributed by atoms with van der Waals surface area (Å²) in [6.07, 6.45) is -8.42. The zero-order chi connectivity index (χ0) is 23.1. The van der Waals surface area contributed by atoms with Crippen molar-refractivity contribution in [1.82, 2.24) is 24.8 Å². The van der Waals surface area contributed by atoms with Crippen molar-refractivity contribution in [1.29, 1.82) is 0 Å². The second kappa shape index (κ2) is 7.70. The van der Waals surface area contributed by atoms with Crippen LogP contribution in [-0.4, -0.2) is 31.9 Å².